The molecule has 2 aliphatic rings. The molecular formula is C33H43N11O8. The van der Waals surface area contributed by atoms with Crippen LogP contribution in [0.3, 0.4) is 0 Å². The molecule has 2 amide bonds. The van der Waals surface area contributed by atoms with Gasteiger partial charge in [-0.1, -0.05) is 12.1 Å². The number of benzene rings is 1. The van der Waals surface area contributed by atoms with Gasteiger partial charge in [-0.15, -0.1) is 0 Å². The predicted molar refractivity (Wildman–Crippen MR) is 189 cm³/mol. The van der Waals surface area contributed by atoms with Gasteiger partial charge < -0.3 is 55.4 Å². The van der Waals surface area contributed by atoms with Gasteiger partial charge in [0.15, 0.2) is 46.8 Å². The molecule has 5 atom stereocenters. The number of methoxy groups -OCH3 is 1. The summed E-state index contributed by atoms with van der Waals surface area (Å²) >= 11 is 0. The second-order valence-corrected chi connectivity index (χ2v) is 12.0. The first-order valence-corrected chi connectivity index (χ1v) is 16.9. The Morgan fingerprint density at radius 3 is 2.54 bits per heavy atom. The van der Waals surface area contributed by atoms with E-state index < -0.39 is 36.8 Å². The van der Waals surface area contributed by atoms with Crippen LogP contribution in [0, 0.1) is 0 Å². The van der Waals surface area contributed by atoms with Gasteiger partial charge in [0, 0.05) is 26.7 Å². The minimum Gasteiger partial charge on any atom is -0.493 e. The van der Waals surface area contributed by atoms with E-state index in [0.717, 1.165) is 5.56 Å². The maximum atomic E-state index is 13.1. The summed E-state index contributed by atoms with van der Waals surface area (Å²) in [7, 11) is 3.30. The Balaban J connectivity index is 1.11. The molecule has 278 valence electrons. The fraction of sp³-hybridized carbons (Fsp3) is 0.455. The molecule has 3 aromatic heterocycles. The van der Waals surface area contributed by atoms with Crippen LogP contribution in [0.4, 0.5) is 17.6 Å². The van der Waals surface area contributed by atoms with Crippen molar-refractivity contribution in [3.05, 3.63) is 41.6 Å². The number of fused-ring (bicyclic) bond motifs is 2. The number of likely N-dealkylation sites (N-methyl/N-ethyl adjacent to an activating group) is 1. The first-order valence-electron chi connectivity index (χ1n) is 16.9. The van der Waals surface area contributed by atoms with Gasteiger partial charge in [-0.25, -0.2) is 9.97 Å². The Morgan fingerprint density at radius 1 is 1.06 bits per heavy atom. The Hall–Kier alpha value is -5.50. The fourth-order valence-electron chi connectivity index (χ4n) is 6.21. The monoisotopic (exact) mass is 721 g/mol. The normalized spacial score (nSPS) is 21.6. The van der Waals surface area contributed by atoms with Crippen molar-refractivity contribution < 1.29 is 39.1 Å². The molecule has 0 radical (unpaired) electrons. The average molecular weight is 722 g/mol. The highest BCUT2D eigenvalue weighted by Crippen LogP contribution is 2.34. The van der Waals surface area contributed by atoms with Gasteiger partial charge in [0.1, 0.15) is 30.2 Å². The zero-order chi connectivity index (χ0) is 37.3. The Morgan fingerprint density at radius 2 is 1.83 bits per heavy atom. The van der Waals surface area contributed by atoms with Crippen molar-refractivity contribution in [2.75, 3.05) is 55.8 Å². The van der Waals surface area contributed by atoms with Crippen LogP contribution in [0.15, 0.2) is 24.5 Å². The van der Waals surface area contributed by atoms with Crippen molar-refractivity contribution in [2.45, 2.75) is 51.7 Å². The molecule has 4 aromatic rings. The number of hydrogen-bond acceptors (Lipinski definition) is 15. The van der Waals surface area contributed by atoms with Crippen LogP contribution in [-0.4, -0.2) is 126 Å². The van der Waals surface area contributed by atoms with Gasteiger partial charge in [0.05, 0.1) is 20.0 Å². The number of aromatic nitrogens is 6. The highest BCUT2D eigenvalue weighted by Gasteiger charge is 2.47. The zero-order valence-electron chi connectivity index (χ0n) is 29.4. The third-order valence-electron chi connectivity index (χ3n) is 8.91. The van der Waals surface area contributed by atoms with E-state index in [1.165, 1.54) is 22.9 Å². The Kier molecular flexibility index (Phi) is 10.5. The van der Waals surface area contributed by atoms with E-state index in [-0.39, 0.29) is 42.0 Å². The number of aliphatic hydroxyl groups excluding tert-OH is 3. The van der Waals surface area contributed by atoms with E-state index in [1.807, 2.05) is 26.0 Å². The number of anilines is 3. The topological polar surface area (TPSA) is 240 Å². The number of rotatable bonds is 13. The van der Waals surface area contributed by atoms with Gasteiger partial charge >= 0.3 is 0 Å². The molecule has 0 spiro atoms. The molecule has 19 heteroatoms. The summed E-state index contributed by atoms with van der Waals surface area (Å²) in [5, 5.41) is 37.5. The quantitative estimate of drug-likeness (QED) is 0.101. The number of aliphatic hydroxyl groups is 3. The first kappa shape index (κ1) is 36.3. The molecule has 52 heavy (non-hydrogen) atoms. The molecule has 1 fully saturated rings. The number of ether oxygens (including phenoxy) is 3. The smallest absolute Gasteiger partial charge is 0.277 e. The summed E-state index contributed by atoms with van der Waals surface area (Å²) < 4.78 is 20.4. The molecule has 6 rings (SSSR count). The van der Waals surface area contributed by atoms with Crippen molar-refractivity contribution >= 4 is 52.7 Å². The summed E-state index contributed by atoms with van der Waals surface area (Å²) in [6.45, 7) is 7.08. The lowest BCUT2D eigenvalue weighted by molar-refractivity contribution is -0.137. The summed E-state index contributed by atoms with van der Waals surface area (Å²) in [5.41, 5.74) is 7.85. The van der Waals surface area contributed by atoms with E-state index in [9.17, 15) is 24.9 Å². The molecule has 1 aromatic carbocycles. The third kappa shape index (κ3) is 6.54. The standard InChI is InChI=1S/C33H43N11O8/c1-6-35-29(47)25-23(45)24(46)31(52-25)44-16-37-21-26(34)39-32(40-27(21)44)36-13-14-51-18-11-9-17(15-19(18)50-5)10-12-20-38-28-22(41(20)4)30(48)43(8-3)33(49)42(28)7-2/h9-12,15-16,23-25,31,33,45-46,49H,6-8,13-14H2,1-5H3,(H,35,47)(H3,34,36,39,40)/b12-10+/t23-,24+,25?,31+,33?/m0/s1. The number of nitrogens with two attached hydrogens (primary N) is 1. The lowest BCUT2D eigenvalue weighted by Gasteiger charge is -2.39. The van der Waals surface area contributed by atoms with Crippen LogP contribution < -0.4 is 30.7 Å². The van der Waals surface area contributed by atoms with Gasteiger partial charge in [-0.05, 0) is 44.5 Å². The number of hydrogen-bond donors (Lipinski definition) is 6. The average Bonchev–Trinajstić information content (AvgIpc) is 3.79. The van der Waals surface area contributed by atoms with E-state index in [4.69, 9.17) is 19.9 Å². The van der Waals surface area contributed by atoms with E-state index in [2.05, 4.69) is 30.6 Å². The largest absolute Gasteiger partial charge is 0.493 e. The summed E-state index contributed by atoms with van der Waals surface area (Å²) in [5.74, 6) is 1.38. The maximum absolute atomic E-state index is 13.1. The predicted octanol–water partition coefficient (Wildman–Crippen LogP) is 0.145. The van der Waals surface area contributed by atoms with Crippen molar-refractivity contribution in [2.24, 2.45) is 7.05 Å². The minimum absolute atomic E-state index is 0.0753. The SMILES string of the molecule is CCNC(=O)C1O[C@@H](n2cnc3c(N)nc(NCCOc4ccc(/C=C/c5nc6c(n5C)C(=O)N(CC)C(O)N6CC)cc4OC)nc32)[C@H](O)[C@@H]1O. The molecule has 19 nitrogen and oxygen atoms in total. The third-order valence-corrected chi connectivity index (χ3v) is 8.91. The molecule has 0 saturated carbocycles. The van der Waals surface area contributed by atoms with Gasteiger partial charge in [0.2, 0.25) is 12.3 Å². The van der Waals surface area contributed by atoms with Crippen molar-refractivity contribution in [1.82, 2.24) is 39.3 Å². The van der Waals surface area contributed by atoms with Gasteiger partial charge in [-0.3, -0.25) is 19.1 Å². The van der Waals surface area contributed by atoms with Crippen molar-refractivity contribution in [3.63, 3.8) is 0 Å². The molecular weight excluding hydrogens is 678 g/mol. The van der Waals surface area contributed by atoms with Gasteiger partial charge in [-0.2, -0.15) is 9.97 Å². The Labute approximate surface area is 298 Å². The lowest BCUT2D eigenvalue weighted by Crippen LogP contribution is -2.55. The van der Waals surface area contributed by atoms with Gasteiger partial charge in [0.25, 0.3) is 11.8 Å². The molecule has 2 unspecified atom stereocenters. The van der Waals surface area contributed by atoms with E-state index >= 15 is 0 Å². The fourth-order valence-corrected chi connectivity index (χ4v) is 6.21. The number of nitrogen functional groups attached to an aromatic ring is 1. The number of nitrogens with one attached hydrogen (secondary N) is 2. The molecule has 7 N–H and O–H groups in total. The lowest BCUT2D eigenvalue weighted by atomic mass is 10.1. The molecule has 5 heterocycles. The first-order chi connectivity index (χ1) is 25.0. The van der Waals surface area contributed by atoms with Crippen LogP contribution in [0.25, 0.3) is 23.3 Å². The second-order valence-electron chi connectivity index (χ2n) is 12.0. The van der Waals surface area contributed by atoms with E-state index in [0.29, 0.717) is 48.5 Å². The highest BCUT2D eigenvalue weighted by atomic mass is 16.6. The van der Waals surface area contributed by atoms with Crippen LogP contribution in [0.2, 0.25) is 0 Å². The molecule has 1 saturated heterocycles. The Bertz CT molecular complexity index is 1980. The van der Waals surface area contributed by atoms with Crippen LogP contribution in [-0.2, 0) is 16.6 Å². The minimum atomic E-state index is -1.46. The molecule has 2 aliphatic heterocycles. The number of carbonyl (C=O) groups is 2. The second kappa shape index (κ2) is 15.0. The summed E-state index contributed by atoms with van der Waals surface area (Å²) in [6, 6.07) is 5.43. The molecule has 0 bridgehead atoms. The zero-order valence-corrected chi connectivity index (χ0v) is 29.4. The van der Waals surface area contributed by atoms with Crippen LogP contribution in [0.5, 0.6) is 11.5 Å². The van der Waals surface area contributed by atoms with Crippen LogP contribution in [0.1, 0.15) is 48.9 Å². The van der Waals surface area contributed by atoms with Crippen molar-refractivity contribution in [3.8, 4) is 11.5 Å². The van der Waals surface area contributed by atoms with Crippen LogP contribution >= 0.6 is 0 Å². The van der Waals surface area contributed by atoms with E-state index in [1.54, 1.807) is 41.6 Å². The number of nitrogens with zero attached hydrogens (tertiary/aromatic N) is 8. The molecule has 0 aliphatic carbocycles. The number of carbonyl (C=O) groups excluding carboxylic acids is 2. The number of amides is 2. The highest BCUT2D eigenvalue weighted by molar-refractivity contribution is 6.00. The van der Waals surface area contributed by atoms with Crippen molar-refractivity contribution in [1.29, 1.82) is 0 Å². The summed E-state index contributed by atoms with van der Waals surface area (Å²) in [6.07, 6.45) is -1.40. The summed E-state index contributed by atoms with van der Waals surface area (Å²) in [4.78, 5) is 46.2. The maximum Gasteiger partial charge on any atom is 0.277 e. The number of imidazole rings is 2.